The van der Waals surface area contributed by atoms with Crippen LogP contribution in [0.2, 0.25) is 5.02 Å². The number of hydrogen-bond donors (Lipinski definition) is 0. The molecule has 0 radical (unpaired) electrons. The standard InChI is InChI=1S/C10H10ClFO3/c1-2-14-9(13)6-15-10-7(11)4-3-5-8(10)12/h3-5H,2,6H2,1H3. The second kappa shape index (κ2) is 5.56. The molecular weight excluding hydrogens is 223 g/mol. The fourth-order valence-corrected chi connectivity index (χ4v) is 1.17. The lowest BCUT2D eigenvalue weighted by atomic mass is 10.3. The lowest BCUT2D eigenvalue weighted by molar-refractivity contribution is -0.145. The molecule has 0 atom stereocenters. The smallest absolute Gasteiger partial charge is 0.344 e. The highest BCUT2D eigenvalue weighted by molar-refractivity contribution is 6.32. The number of esters is 1. The largest absolute Gasteiger partial charge is 0.477 e. The number of para-hydroxylation sites is 1. The number of ether oxygens (including phenoxy) is 2. The highest BCUT2D eigenvalue weighted by atomic mass is 35.5. The zero-order valence-electron chi connectivity index (χ0n) is 8.13. The first kappa shape index (κ1) is 11.8. The Balaban J connectivity index is 2.61. The van der Waals surface area contributed by atoms with Gasteiger partial charge in [-0.3, -0.25) is 0 Å². The molecule has 0 aliphatic rings. The summed E-state index contributed by atoms with van der Waals surface area (Å²) in [7, 11) is 0. The van der Waals surface area contributed by atoms with Gasteiger partial charge < -0.3 is 9.47 Å². The van der Waals surface area contributed by atoms with Crippen LogP contribution in [0.1, 0.15) is 6.92 Å². The predicted molar refractivity (Wildman–Crippen MR) is 53.5 cm³/mol. The van der Waals surface area contributed by atoms with E-state index in [2.05, 4.69) is 4.74 Å². The summed E-state index contributed by atoms with van der Waals surface area (Å²) in [6.45, 7) is 1.58. The molecule has 5 heteroatoms. The molecule has 1 aromatic rings. The van der Waals surface area contributed by atoms with Crippen molar-refractivity contribution in [3.63, 3.8) is 0 Å². The molecule has 0 aliphatic carbocycles. The van der Waals surface area contributed by atoms with Crippen molar-refractivity contribution >= 4 is 17.6 Å². The van der Waals surface area contributed by atoms with Crippen LogP contribution in [0.15, 0.2) is 18.2 Å². The highest BCUT2D eigenvalue weighted by Crippen LogP contribution is 2.26. The van der Waals surface area contributed by atoms with Crippen molar-refractivity contribution in [1.82, 2.24) is 0 Å². The topological polar surface area (TPSA) is 35.5 Å². The highest BCUT2D eigenvalue weighted by Gasteiger charge is 2.10. The third kappa shape index (κ3) is 3.40. The van der Waals surface area contributed by atoms with E-state index in [1.165, 1.54) is 18.2 Å². The van der Waals surface area contributed by atoms with Crippen molar-refractivity contribution in [3.8, 4) is 5.75 Å². The molecule has 15 heavy (non-hydrogen) atoms. The number of rotatable bonds is 4. The molecule has 0 bridgehead atoms. The summed E-state index contributed by atoms with van der Waals surface area (Å²) in [6.07, 6.45) is 0. The maximum absolute atomic E-state index is 13.1. The first-order valence-electron chi connectivity index (χ1n) is 4.37. The molecule has 1 rings (SSSR count). The van der Waals surface area contributed by atoms with Gasteiger partial charge in [0.05, 0.1) is 11.6 Å². The Morgan fingerprint density at radius 1 is 1.53 bits per heavy atom. The second-order valence-electron chi connectivity index (χ2n) is 2.64. The molecule has 0 fully saturated rings. The van der Waals surface area contributed by atoms with Gasteiger partial charge in [-0.25, -0.2) is 9.18 Å². The second-order valence-corrected chi connectivity index (χ2v) is 3.05. The van der Waals surface area contributed by atoms with Gasteiger partial charge in [-0.15, -0.1) is 0 Å². The predicted octanol–water partition coefficient (Wildman–Crippen LogP) is 2.42. The van der Waals surface area contributed by atoms with E-state index < -0.39 is 11.8 Å². The lowest BCUT2D eigenvalue weighted by Gasteiger charge is -2.07. The summed E-state index contributed by atoms with van der Waals surface area (Å²) in [5.74, 6) is -1.30. The molecule has 0 heterocycles. The molecule has 0 saturated carbocycles. The molecule has 1 aromatic carbocycles. The van der Waals surface area contributed by atoms with Crippen LogP contribution < -0.4 is 4.74 Å². The summed E-state index contributed by atoms with van der Waals surface area (Å²) in [4.78, 5) is 10.9. The van der Waals surface area contributed by atoms with Crippen LogP contribution in [0.5, 0.6) is 5.75 Å². The molecule has 3 nitrogen and oxygen atoms in total. The number of hydrogen-bond acceptors (Lipinski definition) is 3. The van der Waals surface area contributed by atoms with Crippen LogP contribution in [-0.4, -0.2) is 19.2 Å². The first-order valence-corrected chi connectivity index (χ1v) is 4.75. The fourth-order valence-electron chi connectivity index (χ4n) is 0.954. The van der Waals surface area contributed by atoms with Gasteiger partial charge in [-0.05, 0) is 19.1 Å². The normalized spacial score (nSPS) is 9.80. The molecule has 82 valence electrons. The minimum atomic E-state index is -0.605. The maximum atomic E-state index is 13.1. The minimum absolute atomic E-state index is 0.124. The van der Waals surface area contributed by atoms with Gasteiger partial charge in [0.2, 0.25) is 0 Å². The molecule has 0 unspecified atom stereocenters. The van der Waals surface area contributed by atoms with E-state index in [-0.39, 0.29) is 24.0 Å². The van der Waals surface area contributed by atoms with Gasteiger partial charge in [-0.1, -0.05) is 17.7 Å². The van der Waals surface area contributed by atoms with Gasteiger partial charge in [0.25, 0.3) is 0 Å². The summed E-state index contributed by atoms with van der Waals surface area (Å²) < 4.78 is 22.6. The van der Waals surface area contributed by atoms with E-state index in [0.717, 1.165) is 0 Å². The SMILES string of the molecule is CCOC(=O)COc1c(F)cccc1Cl. The van der Waals surface area contributed by atoms with E-state index in [9.17, 15) is 9.18 Å². The summed E-state index contributed by atoms with van der Waals surface area (Å²) in [5, 5.41) is 0.124. The molecule has 0 aliphatic heterocycles. The van der Waals surface area contributed by atoms with E-state index >= 15 is 0 Å². The Kier molecular flexibility index (Phi) is 4.37. The molecule has 0 N–H and O–H groups in total. The third-order valence-corrected chi connectivity index (χ3v) is 1.86. The number of carbonyl (C=O) groups excluding carboxylic acids is 1. The van der Waals surface area contributed by atoms with Gasteiger partial charge in [0.1, 0.15) is 0 Å². The van der Waals surface area contributed by atoms with E-state index in [4.69, 9.17) is 16.3 Å². The van der Waals surface area contributed by atoms with Crippen molar-refractivity contribution in [2.24, 2.45) is 0 Å². The number of carbonyl (C=O) groups is 1. The van der Waals surface area contributed by atoms with Crippen molar-refractivity contribution in [2.45, 2.75) is 6.92 Å². The van der Waals surface area contributed by atoms with Crippen molar-refractivity contribution < 1.29 is 18.7 Å². The summed E-state index contributed by atoms with van der Waals surface area (Å²) >= 11 is 5.67. The Hall–Kier alpha value is -1.29. The molecular formula is C10H10ClFO3. The van der Waals surface area contributed by atoms with Crippen LogP contribution in [-0.2, 0) is 9.53 Å². The van der Waals surface area contributed by atoms with Crippen molar-refractivity contribution in [2.75, 3.05) is 13.2 Å². The van der Waals surface area contributed by atoms with E-state index in [0.29, 0.717) is 0 Å². The summed E-state index contributed by atoms with van der Waals surface area (Å²) in [5.41, 5.74) is 0. The molecule has 0 spiro atoms. The monoisotopic (exact) mass is 232 g/mol. The Labute approximate surface area is 91.7 Å². The molecule has 0 aromatic heterocycles. The Morgan fingerprint density at radius 2 is 2.27 bits per heavy atom. The van der Waals surface area contributed by atoms with Crippen LogP contribution in [0.25, 0.3) is 0 Å². The van der Waals surface area contributed by atoms with Crippen LogP contribution >= 0.6 is 11.6 Å². The van der Waals surface area contributed by atoms with Gasteiger partial charge in [-0.2, -0.15) is 0 Å². The molecule has 0 saturated heterocycles. The molecule has 0 amide bonds. The van der Waals surface area contributed by atoms with Crippen molar-refractivity contribution in [1.29, 1.82) is 0 Å². The van der Waals surface area contributed by atoms with Gasteiger partial charge in [0.15, 0.2) is 18.2 Å². The maximum Gasteiger partial charge on any atom is 0.344 e. The first-order chi connectivity index (χ1) is 7.15. The average Bonchev–Trinajstić information content (AvgIpc) is 2.17. The minimum Gasteiger partial charge on any atom is -0.477 e. The van der Waals surface area contributed by atoms with E-state index in [1.54, 1.807) is 6.92 Å². The van der Waals surface area contributed by atoms with Crippen LogP contribution in [0.3, 0.4) is 0 Å². The van der Waals surface area contributed by atoms with Crippen LogP contribution in [0.4, 0.5) is 4.39 Å². The van der Waals surface area contributed by atoms with Gasteiger partial charge >= 0.3 is 5.97 Å². The summed E-state index contributed by atoms with van der Waals surface area (Å²) in [6, 6.07) is 4.13. The fraction of sp³-hybridized carbons (Fsp3) is 0.300. The lowest BCUT2D eigenvalue weighted by Crippen LogP contribution is -2.15. The van der Waals surface area contributed by atoms with Crippen LogP contribution in [0, 0.1) is 5.82 Å². The quantitative estimate of drug-likeness (QED) is 0.748. The Bertz CT molecular complexity index is 334. The zero-order valence-corrected chi connectivity index (χ0v) is 8.88. The number of benzene rings is 1. The van der Waals surface area contributed by atoms with Gasteiger partial charge in [0, 0.05) is 0 Å². The van der Waals surface area contributed by atoms with E-state index in [1.807, 2.05) is 0 Å². The third-order valence-electron chi connectivity index (χ3n) is 1.56. The zero-order chi connectivity index (χ0) is 11.3. The Morgan fingerprint density at radius 3 is 2.87 bits per heavy atom. The van der Waals surface area contributed by atoms with Crippen molar-refractivity contribution in [3.05, 3.63) is 29.0 Å². The number of halogens is 2. The average molecular weight is 233 g/mol.